The van der Waals surface area contributed by atoms with Crippen molar-refractivity contribution in [2.24, 2.45) is 12.0 Å². The number of piperazine rings is 1. The molecule has 1 aromatic heterocycles. The minimum atomic E-state index is 0. The minimum Gasteiger partial charge on any atom is -0.493 e. The lowest BCUT2D eigenvalue weighted by Gasteiger charge is -2.35. The smallest absolute Gasteiger partial charge is 0.246 e. The summed E-state index contributed by atoms with van der Waals surface area (Å²) in [5.74, 6) is 1.61. The Kier molecular flexibility index (Phi) is 10.7. The average Bonchev–Trinajstić information content (AvgIpc) is 3.20. The maximum absolute atomic E-state index is 12.7. The molecule has 1 fully saturated rings. The first-order valence-corrected chi connectivity index (χ1v) is 10.6. The summed E-state index contributed by atoms with van der Waals surface area (Å²) in [6.45, 7) is 6.15. The number of anilines is 1. The summed E-state index contributed by atoms with van der Waals surface area (Å²) in [4.78, 5) is 21.3. The molecule has 1 N–H and O–H groups in total. The van der Waals surface area contributed by atoms with Crippen LogP contribution in [0.3, 0.4) is 0 Å². The summed E-state index contributed by atoms with van der Waals surface area (Å²) in [5, 5.41) is 7.47. The van der Waals surface area contributed by atoms with Crippen molar-refractivity contribution in [3.05, 3.63) is 42.2 Å². The number of carbonyl (C=O) groups excluding carboxylic acids is 1. The number of methoxy groups -OCH3 is 1. The fourth-order valence-corrected chi connectivity index (χ4v) is 3.39. The van der Waals surface area contributed by atoms with Crippen molar-refractivity contribution in [1.29, 1.82) is 0 Å². The number of hydrogen-bond donors (Lipinski definition) is 1. The van der Waals surface area contributed by atoms with Crippen LogP contribution >= 0.6 is 24.0 Å². The predicted octanol–water partition coefficient (Wildman–Crippen LogP) is 2.27. The number of aryl methyl sites for hydroxylation is 1. The highest BCUT2D eigenvalue weighted by molar-refractivity contribution is 14.0. The number of nitrogens with one attached hydrogen (secondary N) is 1. The van der Waals surface area contributed by atoms with Crippen LogP contribution in [0, 0.1) is 0 Å². The van der Waals surface area contributed by atoms with Gasteiger partial charge in [0.15, 0.2) is 5.96 Å². The van der Waals surface area contributed by atoms with E-state index in [0.29, 0.717) is 32.8 Å². The minimum absolute atomic E-state index is 0. The SMILES string of the molecule is CCNC(=NCc1cccc(OCCCOC)c1)N1CCN(c2cnn(C)c2)C(=O)C1.I. The van der Waals surface area contributed by atoms with Crippen LogP contribution in [0.4, 0.5) is 5.69 Å². The van der Waals surface area contributed by atoms with Gasteiger partial charge in [0.25, 0.3) is 0 Å². The zero-order valence-corrected chi connectivity index (χ0v) is 21.3. The van der Waals surface area contributed by atoms with E-state index in [2.05, 4.69) is 10.4 Å². The number of carbonyl (C=O) groups is 1. The van der Waals surface area contributed by atoms with Crippen LogP contribution < -0.4 is 15.0 Å². The van der Waals surface area contributed by atoms with Gasteiger partial charge in [0, 0.05) is 53.0 Å². The van der Waals surface area contributed by atoms with Crippen LogP contribution in [0.25, 0.3) is 0 Å². The molecule has 0 aliphatic carbocycles. The highest BCUT2D eigenvalue weighted by Gasteiger charge is 2.27. The second-order valence-electron chi connectivity index (χ2n) is 7.35. The number of ether oxygens (including phenoxy) is 2. The van der Waals surface area contributed by atoms with Crippen molar-refractivity contribution in [3.63, 3.8) is 0 Å². The van der Waals surface area contributed by atoms with Gasteiger partial charge in [-0.25, -0.2) is 4.99 Å². The topological polar surface area (TPSA) is 84.2 Å². The highest BCUT2D eigenvalue weighted by Crippen LogP contribution is 2.17. The van der Waals surface area contributed by atoms with E-state index in [1.165, 1.54) is 0 Å². The van der Waals surface area contributed by atoms with E-state index in [4.69, 9.17) is 14.5 Å². The van der Waals surface area contributed by atoms with Crippen LogP contribution in [0.1, 0.15) is 18.9 Å². The van der Waals surface area contributed by atoms with Crippen molar-refractivity contribution in [2.45, 2.75) is 19.9 Å². The Bertz CT molecular complexity index is 888. The molecule has 1 amide bonds. The molecule has 176 valence electrons. The maximum atomic E-state index is 12.7. The van der Waals surface area contributed by atoms with Crippen LogP contribution in [0.2, 0.25) is 0 Å². The molecule has 32 heavy (non-hydrogen) atoms. The molecule has 2 heterocycles. The van der Waals surface area contributed by atoms with Gasteiger partial charge in [-0.1, -0.05) is 12.1 Å². The summed E-state index contributed by atoms with van der Waals surface area (Å²) >= 11 is 0. The molecule has 1 saturated heterocycles. The number of aliphatic imine (C=N–C) groups is 1. The number of nitrogens with zero attached hydrogens (tertiary/aromatic N) is 5. The number of amides is 1. The van der Waals surface area contributed by atoms with Gasteiger partial charge >= 0.3 is 0 Å². The Morgan fingerprint density at radius 3 is 2.81 bits per heavy atom. The Balaban J connectivity index is 0.00000363. The Labute approximate surface area is 206 Å². The lowest BCUT2D eigenvalue weighted by molar-refractivity contribution is -0.120. The number of halogens is 1. The van der Waals surface area contributed by atoms with Gasteiger partial charge in [0.1, 0.15) is 12.3 Å². The molecular formula is C22H33IN6O3. The largest absolute Gasteiger partial charge is 0.493 e. The average molecular weight is 556 g/mol. The highest BCUT2D eigenvalue weighted by atomic mass is 127. The predicted molar refractivity (Wildman–Crippen MR) is 136 cm³/mol. The molecule has 0 atom stereocenters. The quantitative estimate of drug-likeness (QED) is 0.221. The van der Waals surface area contributed by atoms with E-state index in [-0.39, 0.29) is 36.4 Å². The van der Waals surface area contributed by atoms with Gasteiger partial charge in [0.2, 0.25) is 5.91 Å². The zero-order valence-electron chi connectivity index (χ0n) is 19.0. The molecule has 0 radical (unpaired) electrons. The second kappa shape index (κ2) is 13.3. The van der Waals surface area contributed by atoms with Crippen LogP contribution in [-0.4, -0.2) is 73.0 Å². The Hall–Kier alpha value is -2.34. The maximum Gasteiger partial charge on any atom is 0.246 e. The molecule has 10 heteroatoms. The number of rotatable bonds is 9. The van der Waals surface area contributed by atoms with E-state index >= 15 is 0 Å². The molecule has 3 rings (SSSR count). The van der Waals surface area contributed by atoms with Gasteiger partial charge in [-0.05, 0) is 24.6 Å². The van der Waals surface area contributed by atoms with E-state index in [0.717, 1.165) is 35.9 Å². The van der Waals surface area contributed by atoms with Crippen LogP contribution in [0.15, 0.2) is 41.7 Å². The molecule has 1 aromatic carbocycles. The van der Waals surface area contributed by atoms with Gasteiger partial charge < -0.3 is 24.6 Å². The second-order valence-corrected chi connectivity index (χ2v) is 7.35. The summed E-state index contributed by atoms with van der Waals surface area (Å²) in [7, 11) is 3.53. The summed E-state index contributed by atoms with van der Waals surface area (Å²) in [6, 6.07) is 7.95. The normalized spacial score (nSPS) is 14.3. The van der Waals surface area contributed by atoms with Crippen molar-refractivity contribution in [3.8, 4) is 5.75 Å². The summed E-state index contributed by atoms with van der Waals surface area (Å²) in [6.07, 6.45) is 4.43. The fourth-order valence-electron chi connectivity index (χ4n) is 3.39. The molecule has 0 spiro atoms. The third-order valence-corrected chi connectivity index (χ3v) is 4.93. The van der Waals surface area contributed by atoms with Gasteiger partial charge in [-0.15, -0.1) is 24.0 Å². The number of benzene rings is 1. The van der Waals surface area contributed by atoms with Gasteiger partial charge in [-0.3, -0.25) is 9.48 Å². The first kappa shape index (κ1) is 25.9. The third-order valence-electron chi connectivity index (χ3n) is 4.93. The van der Waals surface area contributed by atoms with Crippen molar-refractivity contribution in [2.75, 3.05) is 51.4 Å². The lowest BCUT2D eigenvalue weighted by Crippen LogP contribution is -2.55. The summed E-state index contributed by atoms with van der Waals surface area (Å²) < 4.78 is 12.5. The van der Waals surface area contributed by atoms with Gasteiger partial charge in [0.05, 0.1) is 25.0 Å². The van der Waals surface area contributed by atoms with E-state index in [1.54, 1.807) is 22.9 Å². The molecule has 0 unspecified atom stereocenters. The van der Waals surface area contributed by atoms with Crippen LogP contribution in [-0.2, 0) is 23.1 Å². The molecule has 0 saturated carbocycles. The molecule has 1 aliphatic heterocycles. The third kappa shape index (κ3) is 7.37. The Morgan fingerprint density at radius 1 is 1.28 bits per heavy atom. The molecular weight excluding hydrogens is 523 g/mol. The zero-order chi connectivity index (χ0) is 22.1. The molecule has 2 aromatic rings. The monoisotopic (exact) mass is 556 g/mol. The molecule has 1 aliphatic rings. The van der Waals surface area contributed by atoms with Crippen LogP contribution in [0.5, 0.6) is 5.75 Å². The summed E-state index contributed by atoms with van der Waals surface area (Å²) in [5.41, 5.74) is 1.89. The fraction of sp³-hybridized carbons (Fsp3) is 0.500. The van der Waals surface area contributed by atoms with Crippen molar-refractivity contribution >= 4 is 41.5 Å². The van der Waals surface area contributed by atoms with E-state index in [1.807, 2.05) is 49.3 Å². The Morgan fingerprint density at radius 2 is 2.12 bits per heavy atom. The lowest BCUT2D eigenvalue weighted by atomic mass is 10.2. The van der Waals surface area contributed by atoms with E-state index in [9.17, 15) is 4.79 Å². The standard InChI is InChI=1S/C22H32N6O3.HI/c1-4-23-22(24-14-18-7-5-8-20(13-18)31-12-6-11-30-3)27-9-10-28(21(29)17-27)19-15-25-26(2)16-19;/h5,7-8,13,15-16H,4,6,9-12,14,17H2,1-3H3,(H,23,24);1H. The number of guanidine groups is 1. The number of aromatic nitrogens is 2. The first-order chi connectivity index (χ1) is 15.1. The van der Waals surface area contributed by atoms with E-state index < -0.39 is 0 Å². The number of hydrogen-bond acceptors (Lipinski definition) is 5. The molecule has 9 nitrogen and oxygen atoms in total. The van der Waals surface area contributed by atoms with Gasteiger partial charge in [-0.2, -0.15) is 5.10 Å². The van der Waals surface area contributed by atoms with Crippen molar-refractivity contribution in [1.82, 2.24) is 20.0 Å². The first-order valence-electron chi connectivity index (χ1n) is 10.6. The van der Waals surface area contributed by atoms with Crippen molar-refractivity contribution < 1.29 is 14.3 Å². The molecule has 0 bridgehead atoms.